The summed E-state index contributed by atoms with van der Waals surface area (Å²) in [6, 6.07) is 9.62. The van der Waals surface area contributed by atoms with Crippen LogP contribution in [0.4, 0.5) is 10.1 Å². The van der Waals surface area contributed by atoms with Crippen molar-refractivity contribution in [2.75, 3.05) is 11.4 Å². The van der Waals surface area contributed by atoms with E-state index in [-0.39, 0.29) is 23.6 Å². The highest BCUT2D eigenvalue weighted by molar-refractivity contribution is 6.39. The summed E-state index contributed by atoms with van der Waals surface area (Å²) in [5, 5.41) is 14.5. The number of ether oxygens (including phenoxy) is 1. The number of nitrogens with zero attached hydrogens (tertiary/aromatic N) is 2. The minimum atomic E-state index is -1.14. The lowest BCUT2D eigenvalue weighted by Crippen LogP contribution is -2.39. The monoisotopic (exact) mass is 516 g/mol. The Hall–Kier alpha value is -2.61. The van der Waals surface area contributed by atoms with Crippen LogP contribution in [-0.2, 0) is 11.3 Å². The molecule has 6 rings (SSSR count). The topological polar surface area (TPSA) is 75.8 Å². The molecular formula is C26H23Cl2FN2O4. The molecule has 1 N–H and O–H groups in total. The molecule has 35 heavy (non-hydrogen) atoms. The highest BCUT2D eigenvalue weighted by Gasteiger charge is 2.46. The maximum atomic E-state index is 14.6. The van der Waals surface area contributed by atoms with Gasteiger partial charge in [-0.05, 0) is 56.0 Å². The Bertz CT molecular complexity index is 1290. The molecule has 2 saturated carbocycles. The second kappa shape index (κ2) is 8.80. The number of aromatic carboxylic acids is 1. The van der Waals surface area contributed by atoms with Crippen molar-refractivity contribution in [3.63, 3.8) is 0 Å². The standard InChI is InChI=1S/C26H23Cl2FN2O4/c27-18-2-1-3-19(28)23(18)24-17(25(35-30-24)13-4-5-13)12-34-22-10-16-8-15(22)11-31(16)21-7-6-14(26(32)33)9-20(21)29/h1-3,6-7,9,13,15-16,22H,4-5,8,10-12H2,(H,32,33)/t15?,16-,22+/m1/s1. The zero-order valence-electron chi connectivity index (χ0n) is 18.7. The number of benzene rings is 2. The van der Waals surface area contributed by atoms with Crippen LogP contribution >= 0.6 is 23.2 Å². The summed E-state index contributed by atoms with van der Waals surface area (Å²) in [5.41, 5.74) is 2.59. The third kappa shape index (κ3) is 4.09. The van der Waals surface area contributed by atoms with E-state index in [1.54, 1.807) is 24.3 Å². The van der Waals surface area contributed by atoms with Gasteiger partial charge in [0.15, 0.2) is 0 Å². The van der Waals surface area contributed by atoms with Gasteiger partial charge in [0.1, 0.15) is 17.3 Å². The Labute approximate surface area is 211 Å². The van der Waals surface area contributed by atoms with E-state index in [0.717, 1.165) is 43.1 Å². The number of hydrogen-bond donors (Lipinski definition) is 1. The molecule has 182 valence electrons. The SMILES string of the molecule is O=C(O)c1ccc(N2CC3C[C@@H]2C[C@@H]3OCc2c(-c3c(Cl)cccc3Cl)noc2C2CC2)c(F)c1. The Morgan fingerprint density at radius 2 is 1.97 bits per heavy atom. The quantitative estimate of drug-likeness (QED) is 0.383. The van der Waals surface area contributed by atoms with Gasteiger partial charge >= 0.3 is 5.97 Å². The van der Waals surface area contributed by atoms with E-state index < -0.39 is 11.8 Å². The first-order valence-electron chi connectivity index (χ1n) is 11.7. The third-order valence-electron chi connectivity index (χ3n) is 7.39. The van der Waals surface area contributed by atoms with Crippen molar-refractivity contribution in [3.05, 3.63) is 69.1 Å². The van der Waals surface area contributed by atoms with Crippen LogP contribution < -0.4 is 4.90 Å². The summed E-state index contributed by atoms with van der Waals surface area (Å²) in [4.78, 5) is 13.2. The first kappa shape index (κ1) is 22.8. The smallest absolute Gasteiger partial charge is 0.335 e. The molecule has 2 aliphatic carbocycles. The second-order valence-corrected chi connectivity index (χ2v) is 10.4. The fraction of sp³-hybridized carbons (Fsp3) is 0.385. The number of anilines is 1. The fourth-order valence-corrected chi connectivity index (χ4v) is 6.09. The average molecular weight is 517 g/mol. The van der Waals surface area contributed by atoms with Gasteiger partial charge in [-0.3, -0.25) is 0 Å². The molecule has 3 aromatic rings. The zero-order chi connectivity index (χ0) is 24.3. The molecule has 0 spiro atoms. The van der Waals surface area contributed by atoms with Crippen LogP contribution in [0, 0.1) is 11.7 Å². The second-order valence-electron chi connectivity index (χ2n) is 9.60. The summed E-state index contributed by atoms with van der Waals surface area (Å²) in [5.74, 6) is -0.182. The van der Waals surface area contributed by atoms with Crippen molar-refractivity contribution >= 4 is 34.9 Å². The van der Waals surface area contributed by atoms with Crippen LogP contribution in [0.15, 0.2) is 40.9 Å². The Kier molecular flexibility index (Phi) is 5.74. The molecule has 3 fully saturated rings. The molecule has 0 amide bonds. The van der Waals surface area contributed by atoms with Crippen molar-refractivity contribution in [2.45, 2.75) is 50.4 Å². The number of carboxylic acid groups (broad SMARTS) is 1. The molecule has 0 radical (unpaired) electrons. The van der Waals surface area contributed by atoms with Crippen molar-refractivity contribution in [3.8, 4) is 11.3 Å². The minimum Gasteiger partial charge on any atom is -0.478 e. The van der Waals surface area contributed by atoms with Gasteiger partial charge in [0.25, 0.3) is 0 Å². The number of aromatic nitrogens is 1. The van der Waals surface area contributed by atoms with E-state index in [0.29, 0.717) is 46.1 Å². The predicted molar refractivity (Wildman–Crippen MR) is 130 cm³/mol. The van der Waals surface area contributed by atoms with E-state index >= 15 is 0 Å². The number of hydrogen-bond acceptors (Lipinski definition) is 5. The van der Waals surface area contributed by atoms with Gasteiger partial charge in [-0.2, -0.15) is 0 Å². The summed E-state index contributed by atoms with van der Waals surface area (Å²) in [7, 11) is 0. The van der Waals surface area contributed by atoms with E-state index in [2.05, 4.69) is 5.16 Å². The lowest BCUT2D eigenvalue weighted by Gasteiger charge is -2.33. The van der Waals surface area contributed by atoms with Gasteiger partial charge in [0.05, 0.1) is 34.0 Å². The summed E-state index contributed by atoms with van der Waals surface area (Å²) in [6.07, 6.45) is 3.85. The van der Waals surface area contributed by atoms with Crippen LogP contribution in [0.5, 0.6) is 0 Å². The van der Waals surface area contributed by atoms with E-state index in [1.807, 2.05) is 4.90 Å². The highest BCUT2D eigenvalue weighted by Crippen LogP contribution is 2.47. The predicted octanol–water partition coefficient (Wildman–Crippen LogP) is 6.55. The summed E-state index contributed by atoms with van der Waals surface area (Å²) in [6.45, 7) is 1.02. The Balaban J connectivity index is 1.19. The van der Waals surface area contributed by atoms with Gasteiger partial charge in [0.2, 0.25) is 0 Å². The molecule has 2 bridgehead atoms. The van der Waals surface area contributed by atoms with Gasteiger partial charge in [-0.25, -0.2) is 9.18 Å². The molecule has 6 nitrogen and oxygen atoms in total. The molecule has 9 heteroatoms. The molecule has 3 aliphatic rings. The highest BCUT2D eigenvalue weighted by atomic mass is 35.5. The van der Waals surface area contributed by atoms with Crippen molar-refractivity contribution < 1.29 is 23.6 Å². The molecule has 1 aliphatic heterocycles. The van der Waals surface area contributed by atoms with E-state index in [1.165, 1.54) is 6.07 Å². The van der Waals surface area contributed by atoms with Crippen molar-refractivity contribution in [1.29, 1.82) is 0 Å². The van der Waals surface area contributed by atoms with Gasteiger partial charge in [-0.1, -0.05) is 34.4 Å². The van der Waals surface area contributed by atoms with E-state index in [9.17, 15) is 9.18 Å². The minimum absolute atomic E-state index is 0.0362. The molecule has 1 aromatic heterocycles. The Morgan fingerprint density at radius 1 is 1.20 bits per heavy atom. The van der Waals surface area contributed by atoms with Gasteiger partial charge in [-0.15, -0.1) is 0 Å². The number of carboxylic acids is 1. The molecule has 3 atom stereocenters. The molecule has 1 saturated heterocycles. The number of fused-ring (bicyclic) bond motifs is 2. The van der Waals surface area contributed by atoms with Crippen molar-refractivity contribution in [1.82, 2.24) is 5.16 Å². The number of carbonyl (C=O) groups is 1. The number of halogens is 3. The molecule has 2 heterocycles. The van der Waals surface area contributed by atoms with Gasteiger partial charge < -0.3 is 19.3 Å². The fourth-order valence-electron chi connectivity index (χ4n) is 5.52. The molecule has 2 aromatic carbocycles. The van der Waals surface area contributed by atoms with Crippen LogP contribution in [0.25, 0.3) is 11.3 Å². The lowest BCUT2D eigenvalue weighted by molar-refractivity contribution is 0.0122. The maximum Gasteiger partial charge on any atom is 0.335 e. The summed E-state index contributed by atoms with van der Waals surface area (Å²) < 4.78 is 26.8. The Morgan fingerprint density at radius 3 is 2.60 bits per heavy atom. The zero-order valence-corrected chi connectivity index (χ0v) is 20.2. The summed E-state index contributed by atoms with van der Waals surface area (Å²) >= 11 is 12.9. The van der Waals surface area contributed by atoms with Crippen LogP contribution in [-0.4, -0.2) is 34.9 Å². The first-order chi connectivity index (χ1) is 16.9. The van der Waals surface area contributed by atoms with Crippen LogP contribution in [0.1, 0.15) is 53.3 Å². The van der Waals surface area contributed by atoms with E-state index in [4.69, 9.17) is 37.6 Å². The average Bonchev–Trinajstić information content (AvgIpc) is 3.28. The normalized spacial score (nSPS) is 23.3. The van der Waals surface area contributed by atoms with Crippen LogP contribution in [0.3, 0.4) is 0 Å². The number of piperidine rings is 1. The third-order valence-corrected chi connectivity index (χ3v) is 8.02. The van der Waals surface area contributed by atoms with Gasteiger partial charge in [0, 0.05) is 35.5 Å². The first-order valence-corrected chi connectivity index (χ1v) is 12.5. The van der Waals surface area contributed by atoms with Crippen LogP contribution in [0.2, 0.25) is 10.0 Å². The lowest BCUT2D eigenvalue weighted by atomic mass is 10.0. The number of rotatable bonds is 7. The maximum absolute atomic E-state index is 14.6. The molecular weight excluding hydrogens is 494 g/mol. The van der Waals surface area contributed by atoms with Crippen molar-refractivity contribution in [2.24, 2.45) is 5.92 Å². The molecule has 1 unspecified atom stereocenters. The largest absolute Gasteiger partial charge is 0.478 e.